The quantitative estimate of drug-likeness (QED) is 0.371. The maximum absolute atomic E-state index is 12.8. The Balaban J connectivity index is 0.00000289. The van der Waals surface area contributed by atoms with Crippen molar-refractivity contribution in [3.63, 3.8) is 0 Å². The van der Waals surface area contributed by atoms with Gasteiger partial charge in [0.15, 0.2) is 5.13 Å². The second kappa shape index (κ2) is 10.7. The summed E-state index contributed by atoms with van der Waals surface area (Å²) in [7, 11) is 0. The van der Waals surface area contributed by atoms with Gasteiger partial charge in [0.25, 0.3) is 0 Å². The van der Waals surface area contributed by atoms with Crippen LogP contribution in [0.4, 0.5) is 10.8 Å². The first-order valence-electron chi connectivity index (χ1n) is 11.0. The maximum atomic E-state index is 12.8. The maximum Gasteiger partial charge on any atom is 0.249 e. The van der Waals surface area contributed by atoms with Crippen LogP contribution in [0, 0.1) is 0 Å². The first kappa shape index (κ1) is 24.4. The molecule has 35 heavy (non-hydrogen) atoms. The number of halogens is 1. The fraction of sp³-hybridized carbons (Fsp3) is 0.154. The summed E-state index contributed by atoms with van der Waals surface area (Å²) >= 11 is 1.37. The standard InChI is InChI=1S/C26H23N5O2S.ClH/c27-21-6-4-17(5-7-21)14-24(32)31-13-10-23(31)25(33)30-26-29-22(16-34-26)20-3-1-2-19(15-20)18-8-11-28-12-9-18;/h1-9,11-12,15-16,23H,10,13-14,27H2,(H,29,30,33);1H. The number of nitrogen functional groups attached to an aromatic ring is 1. The van der Waals surface area contributed by atoms with Crippen molar-refractivity contribution < 1.29 is 9.59 Å². The molecule has 4 aromatic rings. The Morgan fingerprint density at radius 1 is 1.03 bits per heavy atom. The van der Waals surface area contributed by atoms with Gasteiger partial charge in [0, 0.05) is 35.6 Å². The molecule has 2 amide bonds. The minimum atomic E-state index is -0.469. The van der Waals surface area contributed by atoms with Gasteiger partial charge < -0.3 is 16.0 Å². The molecule has 9 heteroatoms. The number of nitrogens with zero attached hydrogens (tertiary/aromatic N) is 3. The van der Waals surface area contributed by atoms with Crippen molar-refractivity contribution in [3.8, 4) is 22.4 Å². The third-order valence-electron chi connectivity index (χ3n) is 5.88. The molecule has 1 fully saturated rings. The van der Waals surface area contributed by atoms with E-state index in [1.54, 1.807) is 29.4 Å². The lowest BCUT2D eigenvalue weighted by Crippen LogP contribution is -2.57. The van der Waals surface area contributed by atoms with Crippen molar-refractivity contribution in [3.05, 3.63) is 84.0 Å². The highest BCUT2D eigenvalue weighted by atomic mass is 35.5. The number of carbonyl (C=O) groups is 2. The number of hydrogen-bond donors (Lipinski definition) is 2. The number of likely N-dealkylation sites (tertiary alicyclic amines) is 1. The van der Waals surface area contributed by atoms with Crippen molar-refractivity contribution in [2.75, 3.05) is 17.6 Å². The van der Waals surface area contributed by atoms with Gasteiger partial charge >= 0.3 is 0 Å². The van der Waals surface area contributed by atoms with Gasteiger partial charge in [0.05, 0.1) is 12.1 Å². The summed E-state index contributed by atoms with van der Waals surface area (Å²) in [5.41, 5.74) is 11.2. The average molecular weight is 506 g/mol. The normalized spacial score (nSPS) is 14.5. The highest BCUT2D eigenvalue weighted by Gasteiger charge is 2.37. The van der Waals surface area contributed by atoms with Crippen LogP contribution >= 0.6 is 23.7 Å². The number of nitrogens with two attached hydrogens (primary N) is 1. The molecule has 1 saturated heterocycles. The Kier molecular flexibility index (Phi) is 7.43. The molecule has 0 saturated carbocycles. The van der Waals surface area contributed by atoms with E-state index in [9.17, 15) is 9.59 Å². The molecule has 7 nitrogen and oxygen atoms in total. The first-order chi connectivity index (χ1) is 16.6. The Labute approximate surface area is 213 Å². The molecule has 3 heterocycles. The number of thiazole rings is 1. The Hall–Kier alpha value is -3.75. The predicted octanol–water partition coefficient (Wildman–Crippen LogP) is 4.66. The SMILES string of the molecule is Cl.Nc1ccc(CC(=O)N2CCC2C(=O)Nc2nc(-c3cccc(-c4ccncc4)c3)cs2)cc1. The minimum absolute atomic E-state index is 0. The largest absolute Gasteiger partial charge is 0.399 e. The van der Waals surface area contributed by atoms with E-state index in [1.165, 1.54) is 11.3 Å². The number of anilines is 2. The number of aromatic nitrogens is 2. The molecule has 2 aromatic heterocycles. The molecule has 1 atom stereocenters. The zero-order chi connectivity index (χ0) is 23.5. The van der Waals surface area contributed by atoms with Gasteiger partial charge in [0.2, 0.25) is 11.8 Å². The molecule has 1 unspecified atom stereocenters. The van der Waals surface area contributed by atoms with Crippen LogP contribution in [-0.4, -0.2) is 39.3 Å². The number of hydrogen-bond acceptors (Lipinski definition) is 6. The molecule has 1 aliphatic rings. The van der Waals surface area contributed by atoms with Crippen molar-refractivity contribution in [1.82, 2.24) is 14.9 Å². The highest BCUT2D eigenvalue weighted by Crippen LogP contribution is 2.29. The zero-order valence-corrected chi connectivity index (χ0v) is 20.4. The highest BCUT2D eigenvalue weighted by molar-refractivity contribution is 7.14. The number of amides is 2. The van der Waals surface area contributed by atoms with E-state index in [0.29, 0.717) is 23.8 Å². The van der Waals surface area contributed by atoms with Gasteiger partial charge in [-0.05, 0) is 53.4 Å². The van der Waals surface area contributed by atoms with Gasteiger partial charge in [-0.25, -0.2) is 4.98 Å². The monoisotopic (exact) mass is 505 g/mol. The van der Waals surface area contributed by atoms with Crippen LogP contribution in [0.25, 0.3) is 22.4 Å². The van der Waals surface area contributed by atoms with E-state index in [2.05, 4.69) is 21.4 Å². The number of benzene rings is 2. The van der Waals surface area contributed by atoms with Crippen LogP contribution in [-0.2, 0) is 16.0 Å². The average Bonchev–Trinajstić information content (AvgIpc) is 3.29. The summed E-state index contributed by atoms with van der Waals surface area (Å²) < 4.78 is 0. The number of rotatable bonds is 6. The van der Waals surface area contributed by atoms with Crippen LogP contribution in [0.1, 0.15) is 12.0 Å². The summed E-state index contributed by atoms with van der Waals surface area (Å²) in [4.78, 5) is 35.8. The van der Waals surface area contributed by atoms with E-state index < -0.39 is 6.04 Å². The lowest BCUT2D eigenvalue weighted by molar-refractivity contribution is -0.144. The molecule has 3 N–H and O–H groups in total. The smallest absolute Gasteiger partial charge is 0.249 e. The van der Waals surface area contributed by atoms with Crippen LogP contribution in [0.15, 0.2) is 78.4 Å². The molecule has 178 valence electrons. The van der Waals surface area contributed by atoms with Gasteiger partial charge in [0.1, 0.15) is 6.04 Å². The van der Waals surface area contributed by atoms with Crippen molar-refractivity contribution in [2.45, 2.75) is 18.9 Å². The topological polar surface area (TPSA) is 101 Å². The van der Waals surface area contributed by atoms with E-state index >= 15 is 0 Å². The van der Waals surface area contributed by atoms with E-state index in [-0.39, 0.29) is 30.6 Å². The lowest BCUT2D eigenvalue weighted by atomic mass is 10.0. The summed E-state index contributed by atoms with van der Waals surface area (Å²) in [6.45, 7) is 0.580. The van der Waals surface area contributed by atoms with Gasteiger partial charge in [-0.3, -0.25) is 14.6 Å². The molecule has 0 radical (unpaired) electrons. The molecule has 2 aromatic carbocycles. The molecule has 0 spiro atoms. The second-order valence-electron chi connectivity index (χ2n) is 8.15. The molecular formula is C26H24ClN5O2S. The molecule has 0 aliphatic carbocycles. The fourth-order valence-electron chi connectivity index (χ4n) is 3.92. The van der Waals surface area contributed by atoms with Crippen LogP contribution in [0.2, 0.25) is 0 Å². The Morgan fingerprint density at radius 3 is 2.49 bits per heavy atom. The van der Waals surface area contributed by atoms with Crippen molar-refractivity contribution in [2.24, 2.45) is 0 Å². The minimum Gasteiger partial charge on any atom is -0.399 e. The van der Waals surface area contributed by atoms with Crippen LogP contribution in [0.3, 0.4) is 0 Å². The first-order valence-corrected chi connectivity index (χ1v) is 11.9. The molecular weight excluding hydrogens is 482 g/mol. The Bertz CT molecular complexity index is 1330. The fourth-order valence-corrected chi connectivity index (χ4v) is 4.65. The summed E-state index contributed by atoms with van der Waals surface area (Å²) in [6, 6.07) is 18.8. The molecule has 5 rings (SSSR count). The summed E-state index contributed by atoms with van der Waals surface area (Å²) in [5, 5.41) is 5.33. The van der Waals surface area contributed by atoms with E-state index in [1.807, 2.05) is 47.8 Å². The van der Waals surface area contributed by atoms with Crippen LogP contribution in [0.5, 0.6) is 0 Å². The van der Waals surface area contributed by atoms with Crippen molar-refractivity contribution >= 4 is 46.4 Å². The summed E-state index contributed by atoms with van der Waals surface area (Å²) in [5.74, 6) is -0.271. The van der Waals surface area contributed by atoms with Crippen LogP contribution < -0.4 is 11.1 Å². The van der Waals surface area contributed by atoms with Gasteiger partial charge in [-0.1, -0.05) is 30.3 Å². The lowest BCUT2D eigenvalue weighted by Gasteiger charge is -2.39. The number of pyridine rings is 1. The number of carbonyl (C=O) groups excluding carboxylic acids is 2. The van der Waals surface area contributed by atoms with E-state index in [4.69, 9.17) is 5.73 Å². The van der Waals surface area contributed by atoms with Gasteiger partial charge in [-0.15, -0.1) is 23.7 Å². The van der Waals surface area contributed by atoms with Gasteiger partial charge in [-0.2, -0.15) is 0 Å². The summed E-state index contributed by atoms with van der Waals surface area (Å²) in [6.07, 6.45) is 4.43. The van der Waals surface area contributed by atoms with E-state index in [0.717, 1.165) is 27.9 Å². The predicted molar refractivity (Wildman–Crippen MR) is 141 cm³/mol. The molecule has 0 bridgehead atoms. The number of nitrogens with one attached hydrogen (secondary N) is 1. The third-order valence-corrected chi connectivity index (χ3v) is 6.64. The zero-order valence-electron chi connectivity index (χ0n) is 18.8. The van der Waals surface area contributed by atoms with Crippen molar-refractivity contribution in [1.29, 1.82) is 0 Å². The molecule has 1 aliphatic heterocycles. The second-order valence-corrected chi connectivity index (χ2v) is 9.01. The Morgan fingerprint density at radius 2 is 1.77 bits per heavy atom. The third kappa shape index (κ3) is 5.50.